The molecule has 0 aliphatic heterocycles. The first-order valence-electron chi connectivity index (χ1n) is 4.77. The van der Waals surface area contributed by atoms with Gasteiger partial charge in [-0.15, -0.1) is 0 Å². The van der Waals surface area contributed by atoms with Gasteiger partial charge in [-0.3, -0.25) is 4.79 Å². The number of rotatable bonds is 2. The van der Waals surface area contributed by atoms with E-state index in [2.05, 4.69) is 22.9 Å². The van der Waals surface area contributed by atoms with E-state index >= 15 is 0 Å². The second-order valence-electron chi connectivity index (χ2n) is 4.01. The van der Waals surface area contributed by atoms with Gasteiger partial charge in [-0.1, -0.05) is 22.9 Å². The van der Waals surface area contributed by atoms with Gasteiger partial charge in [0.2, 0.25) is 0 Å². The fourth-order valence-electron chi connectivity index (χ4n) is 1.83. The van der Waals surface area contributed by atoms with Crippen molar-refractivity contribution in [1.82, 2.24) is 0 Å². The van der Waals surface area contributed by atoms with Gasteiger partial charge in [0.25, 0.3) is 0 Å². The van der Waals surface area contributed by atoms with Crippen LogP contribution in [0, 0.1) is 5.92 Å². The van der Waals surface area contributed by atoms with Crippen LogP contribution < -0.4 is 0 Å². The summed E-state index contributed by atoms with van der Waals surface area (Å²) in [5.41, 5.74) is 0. The van der Waals surface area contributed by atoms with E-state index in [9.17, 15) is 4.79 Å². The molecule has 0 saturated heterocycles. The molecule has 0 atom stereocenters. The van der Waals surface area contributed by atoms with E-state index in [1.165, 1.54) is 0 Å². The maximum absolute atomic E-state index is 11.4. The van der Waals surface area contributed by atoms with Crippen LogP contribution >= 0.6 is 15.9 Å². The Morgan fingerprint density at radius 3 is 2.42 bits per heavy atom. The van der Waals surface area contributed by atoms with Crippen LogP contribution in [0.3, 0.4) is 0 Å². The smallest absolute Gasteiger partial charge is 0.135 e. The van der Waals surface area contributed by atoms with Crippen LogP contribution in [0.1, 0.15) is 46.0 Å². The van der Waals surface area contributed by atoms with Crippen molar-refractivity contribution >= 4 is 21.7 Å². The molecule has 0 aromatic carbocycles. The van der Waals surface area contributed by atoms with E-state index in [1.54, 1.807) is 0 Å². The Morgan fingerprint density at radius 2 is 2.00 bits per heavy atom. The molecule has 0 radical (unpaired) electrons. The first-order valence-corrected chi connectivity index (χ1v) is 5.56. The van der Waals surface area contributed by atoms with E-state index in [0.29, 0.717) is 22.4 Å². The lowest BCUT2D eigenvalue weighted by Crippen LogP contribution is -2.28. The van der Waals surface area contributed by atoms with Gasteiger partial charge in [-0.2, -0.15) is 0 Å². The van der Waals surface area contributed by atoms with Crippen molar-refractivity contribution in [2.45, 2.75) is 50.3 Å². The number of carbonyl (C=O) groups excluding carboxylic acids is 1. The zero-order valence-electron chi connectivity index (χ0n) is 7.90. The lowest BCUT2D eigenvalue weighted by Gasteiger charge is -2.31. The van der Waals surface area contributed by atoms with E-state index in [1.807, 2.05) is 6.92 Å². The SMILES string of the molecule is CCC(=O)C1CCC(C)(Br)CC1. The number of halogens is 1. The summed E-state index contributed by atoms with van der Waals surface area (Å²) in [4.78, 5) is 11.4. The molecule has 1 rings (SSSR count). The third kappa shape index (κ3) is 2.58. The van der Waals surface area contributed by atoms with Gasteiger partial charge in [-0.05, 0) is 32.6 Å². The standard InChI is InChI=1S/C10H17BrO/c1-3-9(12)8-4-6-10(2,11)7-5-8/h8H,3-7H2,1-2H3. The molecule has 0 aromatic heterocycles. The van der Waals surface area contributed by atoms with E-state index in [0.717, 1.165) is 25.7 Å². The molecular formula is C10H17BrO. The molecule has 0 aromatic rings. The van der Waals surface area contributed by atoms with Gasteiger partial charge in [0.05, 0.1) is 0 Å². The van der Waals surface area contributed by atoms with E-state index in [-0.39, 0.29) is 0 Å². The zero-order valence-corrected chi connectivity index (χ0v) is 9.49. The molecule has 1 nitrogen and oxygen atoms in total. The van der Waals surface area contributed by atoms with Crippen molar-refractivity contribution in [2.75, 3.05) is 0 Å². The first-order chi connectivity index (χ1) is 5.55. The first kappa shape index (κ1) is 10.2. The topological polar surface area (TPSA) is 17.1 Å². The predicted octanol–water partition coefficient (Wildman–Crippen LogP) is 3.31. The van der Waals surface area contributed by atoms with Gasteiger partial charge in [-0.25, -0.2) is 0 Å². The summed E-state index contributed by atoms with van der Waals surface area (Å²) in [6.45, 7) is 4.18. The number of hydrogen-bond donors (Lipinski definition) is 0. The van der Waals surface area contributed by atoms with Crippen LogP contribution in [0.5, 0.6) is 0 Å². The van der Waals surface area contributed by atoms with Crippen molar-refractivity contribution in [3.05, 3.63) is 0 Å². The molecule has 70 valence electrons. The maximum atomic E-state index is 11.4. The molecule has 1 aliphatic rings. The molecule has 0 N–H and O–H groups in total. The number of carbonyl (C=O) groups is 1. The van der Waals surface area contributed by atoms with Gasteiger partial charge >= 0.3 is 0 Å². The normalized spacial score (nSPS) is 36.4. The van der Waals surface area contributed by atoms with Crippen molar-refractivity contribution in [3.8, 4) is 0 Å². The lowest BCUT2D eigenvalue weighted by atomic mass is 9.80. The largest absolute Gasteiger partial charge is 0.299 e. The summed E-state index contributed by atoms with van der Waals surface area (Å²) in [6.07, 6.45) is 5.15. The van der Waals surface area contributed by atoms with E-state index in [4.69, 9.17) is 0 Å². The Kier molecular flexibility index (Phi) is 3.33. The molecule has 12 heavy (non-hydrogen) atoms. The van der Waals surface area contributed by atoms with Gasteiger partial charge in [0.1, 0.15) is 5.78 Å². The Morgan fingerprint density at radius 1 is 1.50 bits per heavy atom. The van der Waals surface area contributed by atoms with Gasteiger partial charge in [0.15, 0.2) is 0 Å². The second-order valence-corrected chi connectivity index (χ2v) is 5.92. The second kappa shape index (κ2) is 3.91. The highest BCUT2D eigenvalue weighted by Gasteiger charge is 2.30. The molecule has 0 amide bonds. The third-order valence-electron chi connectivity index (χ3n) is 2.83. The average Bonchev–Trinajstić information content (AvgIpc) is 2.03. The Bertz CT molecular complexity index is 165. The lowest BCUT2D eigenvalue weighted by molar-refractivity contribution is -0.123. The molecule has 1 fully saturated rings. The highest BCUT2D eigenvalue weighted by molar-refractivity contribution is 9.10. The predicted molar refractivity (Wildman–Crippen MR) is 54.6 cm³/mol. The minimum atomic E-state index is 0.303. The van der Waals surface area contributed by atoms with Crippen LogP contribution in [0.25, 0.3) is 0 Å². The maximum Gasteiger partial charge on any atom is 0.135 e. The highest BCUT2D eigenvalue weighted by Crippen LogP contribution is 2.38. The van der Waals surface area contributed by atoms with Gasteiger partial charge < -0.3 is 0 Å². The third-order valence-corrected chi connectivity index (χ3v) is 3.62. The molecule has 0 spiro atoms. The summed E-state index contributed by atoms with van der Waals surface area (Å²) in [5.74, 6) is 0.818. The van der Waals surface area contributed by atoms with Crippen LogP contribution in [-0.2, 0) is 4.79 Å². The summed E-state index contributed by atoms with van der Waals surface area (Å²) < 4.78 is 0.303. The van der Waals surface area contributed by atoms with Crippen molar-refractivity contribution < 1.29 is 4.79 Å². The minimum absolute atomic E-state index is 0.303. The molecule has 1 saturated carbocycles. The molecule has 0 unspecified atom stereocenters. The summed E-state index contributed by atoms with van der Waals surface area (Å²) >= 11 is 3.68. The van der Waals surface area contributed by atoms with E-state index < -0.39 is 0 Å². The summed E-state index contributed by atoms with van der Waals surface area (Å²) in [5, 5.41) is 0. The summed E-state index contributed by atoms with van der Waals surface area (Å²) in [6, 6.07) is 0. The van der Waals surface area contributed by atoms with Crippen molar-refractivity contribution in [3.63, 3.8) is 0 Å². The Hall–Kier alpha value is 0.150. The molecule has 0 heterocycles. The monoisotopic (exact) mass is 232 g/mol. The quantitative estimate of drug-likeness (QED) is 0.668. The van der Waals surface area contributed by atoms with Crippen molar-refractivity contribution in [1.29, 1.82) is 0 Å². The van der Waals surface area contributed by atoms with Gasteiger partial charge in [0, 0.05) is 16.7 Å². The van der Waals surface area contributed by atoms with Crippen LogP contribution in [0.15, 0.2) is 0 Å². The number of alkyl halides is 1. The number of hydrogen-bond acceptors (Lipinski definition) is 1. The Balaban J connectivity index is 2.41. The number of Topliss-reactive ketones (excluding diaryl/α,β-unsaturated/α-hetero) is 1. The summed E-state index contributed by atoms with van der Waals surface area (Å²) in [7, 11) is 0. The van der Waals surface area contributed by atoms with Crippen molar-refractivity contribution in [2.24, 2.45) is 5.92 Å². The molecule has 2 heteroatoms. The van der Waals surface area contributed by atoms with Crippen LogP contribution in [0.2, 0.25) is 0 Å². The molecular weight excluding hydrogens is 216 g/mol. The highest BCUT2D eigenvalue weighted by atomic mass is 79.9. The molecule has 0 bridgehead atoms. The van der Waals surface area contributed by atoms with Crippen LogP contribution in [0.4, 0.5) is 0 Å². The fourth-order valence-corrected chi connectivity index (χ4v) is 2.29. The Labute approximate surface area is 83.0 Å². The zero-order chi connectivity index (χ0) is 9.19. The van der Waals surface area contributed by atoms with Crippen LogP contribution in [-0.4, -0.2) is 10.1 Å². The number of ketones is 1. The molecule has 1 aliphatic carbocycles. The minimum Gasteiger partial charge on any atom is -0.299 e. The average molecular weight is 233 g/mol. The fraction of sp³-hybridized carbons (Fsp3) is 0.900.